The van der Waals surface area contributed by atoms with Crippen LogP contribution in [0.15, 0.2) is 71.5 Å². The first-order chi connectivity index (χ1) is 15.9. The first kappa shape index (κ1) is 22.1. The summed E-state index contributed by atoms with van der Waals surface area (Å²) in [6, 6.07) is 19.9. The fraction of sp³-hybridized carbons (Fsp3) is 0.185. The Labute approximate surface area is 191 Å². The minimum atomic E-state index is -0.385. The molecule has 0 spiro atoms. The maximum absolute atomic E-state index is 13.6. The van der Waals surface area contributed by atoms with E-state index >= 15 is 0 Å². The van der Waals surface area contributed by atoms with Gasteiger partial charge in [0.15, 0.2) is 5.78 Å². The van der Waals surface area contributed by atoms with Crippen molar-refractivity contribution in [3.8, 4) is 11.3 Å². The molecule has 1 heterocycles. The highest BCUT2D eigenvalue weighted by molar-refractivity contribution is 5.97. The predicted octanol–water partition coefficient (Wildman–Crippen LogP) is 4.91. The fourth-order valence-electron chi connectivity index (χ4n) is 3.71. The zero-order valence-electron chi connectivity index (χ0n) is 18.9. The van der Waals surface area contributed by atoms with E-state index in [0.717, 1.165) is 11.1 Å². The van der Waals surface area contributed by atoms with Crippen LogP contribution in [-0.4, -0.2) is 21.2 Å². The molecule has 0 unspecified atom stereocenters. The first-order valence-electron chi connectivity index (χ1n) is 10.9. The van der Waals surface area contributed by atoms with Crippen LogP contribution in [0.3, 0.4) is 0 Å². The molecule has 1 N–H and O–H groups in total. The zero-order chi connectivity index (χ0) is 23.5. The van der Waals surface area contributed by atoms with Crippen molar-refractivity contribution in [1.29, 1.82) is 0 Å². The van der Waals surface area contributed by atoms with Crippen LogP contribution in [0.5, 0.6) is 0 Å². The van der Waals surface area contributed by atoms with Gasteiger partial charge in [-0.05, 0) is 49.2 Å². The standard InChI is InChI=1S/C27H25N3O3/c1-4-25(32)28-21-10-6-5-9-20(21)26-27(33)30(23-12-8-7-11-22(23)29-26)16-24(31)19-14-13-17(2)18(3)15-19/h5-15H,4,16H2,1-3H3,(H,28,32). The number of hydrogen-bond donors (Lipinski definition) is 1. The number of ketones is 1. The molecule has 0 aliphatic rings. The third kappa shape index (κ3) is 4.46. The van der Waals surface area contributed by atoms with Crippen molar-refractivity contribution in [2.45, 2.75) is 33.7 Å². The molecule has 0 saturated carbocycles. The van der Waals surface area contributed by atoms with Gasteiger partial charge in [0, 0.05) is 17.5 Å². The normalized spacial score (nSPS) is 10.9. The summed E-state index contributed by atoms with van der Waals surface area (Å²) in [4.78, 5) is 43.4. The average molecular weight is 440 g/mol. The van der Waals surface area contributed by atoms with Gasteiger partial charge in [0.1, 0.15) is 5.69 Å². The lowest BCUT2D eigenvalue weighted by Crippen LogP contribution is -2.27. The topological polar surface area (TPSA) is 81.1 Å². The van der Waals surface area contributed by atoms with Gasteiger partial charge in [0.25, 0.3) is 5.56 Å². The van der Waals surface area contributed by atoms with Gasteiger partial charge in [0.2, 0.25) is 5.91 Å². The molecule has 4 rings (SSSR count). The number of hydrogen-bond acceptors (Lipinski definition) is 4. The van der Waals surface area contributed by atoms with E-state index in [9.17, 15) is 14.4 Å². The molecule has 0 bridgehead atoms. The molecule has 166 valence electrons. The Balaban J connectivity index is 1.86. The molecule has 3 aromatic carbocycles. The molecule has 0 aliphatic heterocycles. The van der Waals surface area contributed by atoms with Crippen molar-refractivity contribution in [2.75, 3.05) is 5.32 Å². The van der Waals surface area contributed by atoms with Gasteiger partial charge in [0.05, 0.1) is 23.3 Å². The largest absolute Gasteiger partial charge is 0.325 e. The molecule has 0 atom stereocenters. The molecule has 0 radical (unpaired) electrons. The third-order valence-electron chi connectivity index (χ3n) is 5.76. The van der Waals surface area contributed by atoms with E-state index in [-0.39, 0.29) is 29.5 Å². The molecule has 4 aromatic rings. The van der Waals surface area contributed by atoms with Gasteiger partial charge in [-0.1, -0.05) is 49.4 Å². The van der Waals surface area contributed by atoms with Gasteiger partial charge in [-0.25, -0.2) is 4.98 Å². The summed E-state index contributed by atoms with van der Waals surface area (Å²) < 4.78 is 1.47. The average Bonchev–Trinajstić information content (AvgIpc) is 2.82. The second kappa shape index (κ2) is 9.20. The number of rotatable bonds is 6. The molecule has 33 heavy (non-hydrogen) atoms. The lowest BCUT2D eigenvalue weighted by atomic mass is 10.0. The maximum Gasteiger partial charge on any atom is 0.278 e. The van der Waals surface area contributed by atoms with Gasteiger partial charge in [-0.3, -0.25) is 19.0 Å². The van der Waals surface area contributed by atoms with Gasteiger partial charge >= 0.3 is 0 Å². The molecule has 0 aliphatic carbocycles. The van der Waals surface area contributed by atoms with Crippen LogP contribution in [0, 0.1) is 13.8 Å². The summed E-state index contributed by atoms with van der Waals surface area (Å²) in [5.41, 5.74) is 4.69. The van der Waals surface area contributed by atoms with Crippen molar-refractivity contribution in [3.05, 3.63) is 93.8 Å². The maximum atomic E-state index is 13.6. The Bertz CT molecular complexity index is 1440. The lowest BCUT2D eigenvalue weighted by molar-refractivity contribution is -0.115. The van der Waals surface area contributed by atoms with E-state index in [1.54, 1.807) is 43.3 Å². The Kier molecular flexibility index (Phi) is 6.18. The molecular weight excluding hydrogens is 414 g/mol. The van der Waals surface area contributed by atoms with Gasteiger partial charge in [-0.2, -0.15) is 0 Å². The first-order valence-corrected chi connectivity index (χ1v) is 10.9. The molecule has 6 heteroatoms. The highest BCUT2D eigenvalue weighted by Gasteiger charge is 2.18. The quantitative estimate of drug-likeness (QED) is 0.433. The van der Waals surface area contributed by atoms with E-state index < -0.39 is 0 Å². The number of aryl methyl sites for hydroxylation is 2. The van der Waals surface area contributed by atoms with E-state index in [2.05, 4.69) is 10.3 Å². The van der Waals surface area contributed by atoms with E-state index in [1.807, 2.05) is 44.2 Å². The third-order valence-corrected chi connectivity index (χ3v) is 5.76. The Morgan fingerprint density at radius 3 is 2.42 bits per heavy atom. The Morgan fingerprint density at radius 1 is 0.939 bits per heavy atom. The summed E-state index contributed by atoms with van der Waals surface area (Å²) >= 11 is 0. The fourth-order valence-corrected chi connectivity index (χ4v) is 3.71. The summed E-state index contributed by atoms with van der Waals surface area (Å²) in [6.07, 6.45) is 0.314. The van der Waals surface area contributed by atoms with E-state index in [0.29, 0.717) is 34.3 Å². The van der Waals surface area contributed by atoms with E-state index in [4.69, 9.17) is 0 Å². The van der Waals surface area contributed by atoms with Crippen molar-refractivity contribution in [1.82, 2.24) is 9.55 Å². The number of anilines is 1. The van der Waals surface area contributed by atoms with Crippen molar-refractivity contribution >= 4 is 28.4 Å². The number of nitrogens with one attached hydrogen (secondary N) is 1. The molecule has 0 fully saturated rings. The monoisotopic (exact) mass is 439 g/mol. The predicted molar refractivity (Wildman–Crippen MR) is 131 cm³/mol. The summed E-state index contributed by atoms with van der Waals surface area (Å²) in [6.45, 7) is 5.60. The minimum absolute atomic E-state index is 0.110. The second-order valence-corrected chi connectivity index (χ2v) is 8.01. The van der Waals surface area contributed by atoms with Crippen LogP contribution in [0.4, 0.5) is 5.69 Å². The Morgan fingerprint density at radius 2 is 1.67 bits per heavy atom. The van der Waals surface area contributed by atoms with Gasteiger partial charge in [-0.15, -0.1) is 0 Å². The van der Waals surface area contributed by atoms with E-state index in [1.165, 1.54) is 4.57 Å². The summed E-state index contributed by atoms with van der Waals surface area (Å²) in [5.74, 6) is -0.316. The van der Waals surface area contributed by atoms with Crippen molar-refractivity contribution in [3.63, 3.8) is 0 Å². The number of carbonyl (C=O) groups excluding carboxylic acids is 2. The highest BCUT2D eigenvalue weighted by Crippen LogP contribution is 2.26. The van der Waals surface area contributed by atoms with Crippen LogP contribution in [0.25, 0.3) is 22.3 Å². The number of nitrogens with zero attached hydrogens (tertiary/aromatic N) is 2. The SMILES string of the molecule is CCC(=O)Nc1ccccc1-c1nc2ccccc2n(CC(=O)c2ccc(C)c(C)c2)c1=O. The van der Waals surface area contributed by atoms with Gasteiger partial charge < -0.3 is 5.32 Å². The molecule has 1 amide bonds. The van der Waals surface area contributed by atoms with Crippen LogP contribution < -0.4 is 10.9 Å². The van der Waals surface area contributed by atoms with Crippen molar-refractivity contribution in [2.24, 2.45) is 0 Å². The number of benzene rings is 3. The van der Waals surface area contributed by atoms with Crippen LogP contribution >= 0.6 is 0 Å². The number of para-hydroxylation sites is 3. The minimum Gasteiger partial charge on any atom is -0.325 e. The smallest absolute Gasteiger partial charge is 0.278 e. The number of amides is 1. The number of Topliss-reactive ketones (excluding diaryl/α,β-unsaturated/α-hetero) is 1. The highest BCUT2D eigenvalue weighted by atomic mass is 16.2. The molecular formula is C27H25N3O3. The summed E-state index contributed by atoms with van der Waals surface area (Å²) in [5, 5.41) is 2.84. The number of fused-ring (bicyclic) bond motifs is 1. The number of aromatic nitrogens is 2. The molecule has 6 nitrogen and oxygen atoms in total. The lowest BCUT2D eigenvalue weighted by Gasteiger charge is -2.14. The van der Waals surface area contributed by atoms with Crippen LogP contribution in [0.2, 0.25) is 0 Å². The molecule has 0 saturated heterocycles. The molecule has 1 aromatic heterocycles. The van der Waals surface area contributed by atoms with Crippen LogP contribution in [0.1, 0.15) is 34.8 Å². The number of carbonyl (C=O) groups is 2. The summed E-state index contributed by atoms with van der Waals surface area (Å²) in [7, 11) is 0. The van der Waals surface area contributed by atoms with Crippen LogP contribution in [-0.2, 0) is 11.3 Å². The zero-order valence-corrected chi connectivity index (χ0v) is 18.9. The van der Waals surface area contributed by atoms with Crippen molar-refractivity contribution < 1.29 is 9.59 Å². The second-order valence-electron chi connectivity index (χ2n) is 8.01. The Hall–Kier alpha value is -4.06.